The maximum Gasteiger partial charge on any atom is 0.389 e. The summed E-state index contributed by atoms with van der Waals surface area (Å²) >= 11 is 0. The first kappa shape index (κ1) is 15.8. The van der Waals surface area contributed by atoms with Gasteiger partial charge in [0, 0.05) is 25.0 Å². The number of nitrogens with one attached hydrogen (secondary N) is 1. The molecule has 1 rings (SSSR count). The molecule has 0 aromatic rings. The van der Waals surface area contributed by atoms with Crippen LogP contribution < -0.4 is 5.32 Å². The van der Waals surface area contributed by atoms with E-state index in [2.05, 4.69) is 10.2 Å². The Balaban J connectivity index is 2.17. The highest BCUT2D eigenvalue weighted by molar-refractivity contribution is 4.77. The largest absolute Gasteiger partial charge is 0.389 e. The van der Waals surface area contributed by atoms with Gasteiger partial charge < -0.3 is 10.2 Å². The molecule has 0 saturated carbocycles. The number of halogens is 3. The fraction of sp³-hybridized carbons (Fsp3) is 1.00. The number of rotatable bonds is 6. The van der Waals surface area contributed by atoms with Gasteiger partial charge in [0.05, 0.1) is 0 Å². The smallest absolute Gasteiger partial charge is 0.313 e. The molecule has 1 aliphatic heterocycles. The van der Waals surface area contributed by atoms with Gasteiger partial charge in [-0.05, 0) is 46.2 Å². The molecule has 2 nitrogen and oxygen atoms in total. The average molecular weight is 266 g/mol. The van der Waals surface area contributed by atoms with E-state index in [0.717, 1.165) is 13.1 Å². The molecule has 1 aliphatic rings. The highest BCUT2D eigenvalue weighted by atomic mass is 19.4. The Morgan fingerprint density at radius 2 is 2.06 bits per heavy atom. The Morgan fingerprint density at radius 3 is 2.61 bits per heavy atom. The van der Waals surface area contributed by atoms with Crippen LogP contribution in [0.4, 0.5) is 13.2 Å². The van der Waals surface area contributed by atoms with Crippen molar-refractivity contribution in [1.29, 1.82) is 0 Å². The molecule has 108 valence electrons. The minimum absolute atomic E-state index is 0.219. The summed E-state index contributed by atoms with van der Waals surface area (Å²) in [5.74, 6) is 0. The minimum Gasteiger partial charge on any atom is -0.313 e. The van der Waals surface area contributed by atoms with Crippen molar-refractivity contribution in [3.05, 3.63) is 0 Å². The fourth-order valence-electron chi connectivity index (χ4n) is 2.43. The second-order valence-electron chi connectivity index (χ2n) is 5.44. The van der Waals surface area contributed by atoms with Crippen LogP contribution in [-0.2, 0) is 0 Å². The van der Waals surface area contributed by atoms with Crippen molar-refractivity contribution in [3.63, 3.8) is 0 Å². The summed E-state index contributed by atoms with van der Waals surface area (Å²) in [4.78, 5) is 2.18. The molecule has 1 saturated heterocycles. The zero-order chi connectivity index (χ0) is 13.6. The first-order chi connectivity index (χ1) is 8.38. The van der Waals surface area contributed by atoms with E-state index in [1.165, 1.54) is 19.3 Å². The van der Waals surface area contributed by atoms with Crippen LogP contribution in [0.5, 0.6) is 0 Å². The molecule has 1 N–H and O–H groups in total. The van der Waals surface area contributed by atoms with Gasteiger partial charge in [-0.2, -0.15) is 13.2 Å². The van der Waals surface area contributed by atoms with E-state index >= 15 is 0 Å². The standard InChI is InChI=1S/C13H25F3N2/c1-11(6-5-8-13(14,15)16)18(2)10-12-7-3-4-9-17-12/h11-12,17H,3-10H2,1-2H3. The van der Waals surface area contributed by atoms with E-state index < -0.39 is 12.6 Å². The highest BCUT2D eigenvalue weighted by Gasteiger charge is 2.27. The Morgan fingerprint density at radius 1 is 1.33 bits per heavy atom. The van der Waals surface area contributed by atoms with Gasteiger partial charge in [0.1, 0.15) is 0 Å². The number of hydrogen-bond acceptors (Lipinski definition) is 2. The quantitative estimate of drug-likeness (QED) is 0.794. The Kier molecular flexibility index (Phi) is 6.43. The Labute approximate surface area is 108 Å². The maximum absolute atomic E-state index is 12.1. The van der Waals surface area contributed by atoms with Gasteiger partial charge in [0.15, 0.2) is 0 Å². The van der Waals surface area contributed by atoms with Gasteiger partial charge >= 0.3 is 6.18 Å². The van der Waals surface area contributed by atoms with Crippen molar-refractivity contribution in [1.82, 2.24) is 10.2 Å². The van der Waals surface area contributed by atoms with Gasteiger partial charge in [-0.25, -0.2) is 0 Å². The molecular formula is C13H25F3N2. The van der Waals surface area contributed by atoms with Crippen molar-refractivity contribution in [2.45, 2.75) is 63.7 Å². The van der Waals surface area contributed by atoms with Crippen molar-refractivity contribution >= 4 is 0 Å². The van der Waals surface area contributed by atoms with Gasteiger partial charge in [-0.3, -0.25) is 0 Å². The predicted octanol–water partition coefficient (Wildman–Crippen LogP) is 3.18. The molecule has 0 spiro atoms. The second-order valence-corrected chi connectivity index (χ2v) is 5.44. The molecule has 2 unspecified atom stereocenters. The Bertz CT molecular complexity index is 225. The maximum atomic E-state index is 12.1. The summed E-state index contributed by atoms with van der Waals surface area (Å²) in [6.45, 7) is 4.02. The number of hydrogen-bond donors (Lipinski definition) is 1. The second kappa shape index (κ2) is 7.34. The third kappa shape index (κ3) is 6.59. The molecule has 0 aliphatic carbocycles. The number of likely N-dealkylation sites (N-methyl/N-ethyl adjacent to an activating group) is 1. The third-order valence-electron chi connectivity index (χ3n) is 3.76. The first-order valence-corrected chi connectivity index (χ1v) is 6.89. The monoisotopic (exact) mass is 266 g/mol. The first-order valence-electron chi connectivity index (χ1n) is 6.89. The van der Waals surface area contributed by atoms with Crippen LogP contribution in [0.25, 0.3) is 0 Å². The van der Waals surface area contributed by atoms with Crippen molar-refractivity contribution < 1.29 is 13.2 Å². The summed E-state index contributed by atoms with van der Waals surface area (Å²) < 4.78 is 36.2. The lowest BCUT2D eigenvalue weighted by Crippen LogP contribution is -2.44. The van der Waals surface area contributed by atoms with E-state index in [4.69, 9.17) is 0 Å². The van der Waals surface area contributed by atoms with Crippen LogP contribution in [0, 0.1) is 0 Å². The molecule has 0 amide bonds. The van der Waals surface area contributed by atoms with E-state index in [9.17, 15) is 13.2 Å². The van der Waals surface area contributed by atoms with E-state index in [1.54, 1.807) is 0 Å². The third-order valence-corrected chi connectivity index (χ3v) is 3.76. The molecule has 5 heteroatoms. The fourth-order valence-corrected chi connectivity index (χ4v) is 2.43. The summed E-state index contributed by atoms with van der Waals surface area (Å²) in [7, 11) is 2.01. The molecule has 2 atom stereocenters. The number of nitrogens with zero attached hydrogens (tertiary/aromatic N) is 1. The van der Waals surface area contributed by atoms with Gasteiger partial charge in [-0.15, -0.1) is 0 Å². The molecule has 0 aromatic carbocycles. The molecular weight excluding hydrogens is 241 g/mol. The molecule has 18 heavy (non-hydrogen) atoms. The molecule has 0 bridgehead atoms. The van der Waals surface area contributed by atoms with Gasteiger partial charge in [0.2, 0.25) is 0 Å². The van der Waals surface area contributed by atoms with Crippen LogP contribution in [0.2, 0.25) is 0 Å². The molecule has 1 fully saturated rings. The molecule has 1 heterocycles. The van der Waals surface area contributed by atoms with Crippen molar-refractivity contribution in [3.8, 4) is 0 Å². The van der Waals surface area contributed by atoms with Crippen molar-refractivity contribution in [2.24, 2.45) is 0 Å². The summed E-state index contributed by atoms with van der Waals surface area (Å²) in [5, 5.41) is 3.46. The summed E-state index contributed by atoms with van der Waals surface area (Å²) in [6.07, 6.45) is -0.152. The lowest BCUT2D eigenvalue weighted by molar-refractivity contribution is -0.136. The zero-order valence-electron chi connectivity index (χ0n) is 11.4. The lowest BCUT2D eigenvalue weighted by Gasteiger charge is -2.31. The SMILES string of the molecule is CC(CCCC(F)(F)F)N(C)CC1CCCCN1. The van der Waals surface area contributed by atoms with Gasteiger partial charge in [0.25, 0.3) is 0 Å². The van der Waals surface area contributed by atoms with Crippen molar-refractivity contribution in [2.75, 3.05) is 20.1 Å². The normalized spacial score (nSPS) is 23.3. The summed E-state index contributed by atoms with van der Waals surface area (Å²) in [5.41, 5.74) is 0. The minimum atomic E-state index is -4.01. The van der Waals surface area contributed by atoms with Crippen LogP contribution >= 0.6 is 0 Å². The lowest BCUT2D eigenvalue weighted by atomic mass is 10.0. The predicted molar refractivity (Wildman–Crippen MR) is 67.6 cm³/mol. The number of alkyl halides is 3. The topological polar surface area (TPSA) is 15.3 Å². The van der Waals surface area contributed by atoms with Crippen LogP contribution in [0.3, 0.4) is 0 Å². The molecule has 0 aromatic heterocycles. The van der Waals surface area contributed by atoms with Crippen LogP contribution in [0.1, 0.15) is 45.4 Å². The van der Waals surface area contributed by atoms with E-state index in [1.807, 2.05) is 14.0 Å². The Hall–Kier alpha value is -0.290. The summed E-state index contributed by atoms with van der Waals surface area (Å²) in [6, 6.07) is 0.727. The van der Waals surface area contributed by atoms with Crippen LogP contribution in [0.15, 0.2) is 0 Å². The number of piperidine rings is 1. The van der Waals surface area contributed by atoms with E-state index in [0.29, 0.717) is 12.5 Å². The molecule has 0 radical (unpaired) electrons. The average Bonchev–Trinajstić information content (AvgIpc) is 2.28. The highest BCUT2D eigenvalue weighted by Crippen LogP contribution is 2.23. The zero-order valence-corrected chi connectivity index (χ0v) is 11.4. The van der Waals surface area contributed by atoms with Gasteiger partial charge in [-0.1, -0.05) is 6.42 Å². The van der Waals surface area contributed by atoms with Crippen LogP contribution in [-0.4, -0.2) is 43.3 Å². The van der Waals surface area contributed by atoms with E-state index in [-0.39, 0.29) is 12.5 Å².